The Kier molecular flexibility index (Phi) is 5.95. The maximum Gasteiger partial charge on any atom is 0.289 e. The lowest BCUT2D eigenvalue weighted by molar-refractivity contribution is 0.0518. The molecule has 1 saturated heterocycles. The molecule has 0 bridgehead atoms. The van der Waals surface area contributed by atoms with Gasteiger partial charge >= 0.3 is 0 Å². The van der Waals surface area contributed by atoms with Crippen molar-refractivity contribution in [1.29, 1.82) is 0 Å². The first-order chi connectivity index (χ1) is 14.2. The van der Waals surface area contributed by atoms with Crippen molar-refractivity contribution in [3.05, 3.63) is 84.1 Å². The first kappa shape index (κ1) is 19.3. The smallest absolute Gasteiger partial charge is 0.289 e. The van der Waals surface area contributed by atoms with Crippen LogP contribution in [0.5, 0.6) is 0 Å². The minimum Gasteiger partial charge on any atom is -0.459 e. The number of furan rings is 1. The Morgan fingerprint density at radius 3 is 2.28 bits per heavy atom. The molecular weight excluding hydrogens is 386 g/mol. The van der Waals surface area contributed by atoms with Crippen LogP contribution in [0.3, 0.4) is 0 Å². The van der Waals surface area contributed by atoms with Crippen molar-refractivity contribution >= 4 is 23.6 Å². The summed E-state index contributed by atoms with van der Waals surface area (Å²) < 4.78 is 5.17. The van der Waals surface area contributed by atoms with Crippen molar-refractivity contribution in [2.45, 2.75) is 10.6 Å². The molecule has 1 aromatic carbocycles. The lowest BCUT2D eigenvalue weighted by atomic mass is 10.2. The zero-order valence-corrected chi connectivity index (χ0v) is 16.7. The normalized spacial score (nSPS) is 14.1. The molecule has 6 nitrogen and oxygen atoms in total. The van der Waals surface area contributed by atoms with Crippen LogP contribution in [0.1, 0.15) is 26.5 Å². The second-order valence-corrected chi connectivity index (χ2v) is 7.78. The van der Waals surface area contributed by atoms with E-state index in [-0.39, 0.29) is 11.8 Å². The highest BCUT2D eigenvalue weighted by atomic mass is 32.2. The number of carbonyl (C=O) groups is 2. The van der Waals surface area contributed by atoms with Crippen LogP contribution in [0.15, 0.2) is 76.5 Å². The number of piperazine rings is 1. The number of rotatable bonds is 5. The van der Waals surface area contributed by atoms with E-state index in [9.17, 15) is 9.59 Å². The lowest BCUT2D eigenvalue weighted by Crippen LogP contribution is -2.50. The molecule has 7 heteroatoms. The van der Waals surface area contributed by atoms with Gasteiger partial charge < -0.3 is 14.2 Å². The zero-order chi connectivity index (χ0) is 20.1. The number of hydrogen-bond donors (Lipinski definition) is 0. The van der Waals surface area contributed by atoms with Crippen molar-refractivity contribution in [3.8, 4) is 0 Å². The highest BCUT2D eigenvalue weighted by Crippen LogP contribution is 2.23. The maximum atomic E-state index is 12.8. The molecule has 2 aromatic heterocycles. The van der Waals surface area contributed by atoms with E-state index < -0.39 is 0 Å². The third-order valence-electron chi connectivity index (χ3n) is 4.82. The van der Waals surface area contributed by atoms with Gasteiger partial charge in [-0.1, -0.05) is 6.07 Å². The van der Waals surface area contributed by atoms with Crippen LogP contribution in [0, 0.1) is 0 Å². The van der Waals surface area contributed by atoms with Gasteiger partial charge in [0.15, 0.2) is 5.76 Å². The summed E-state index contributed by atoms with van der Waals surface area (Å²) in [7, 11) is 0. The third kappa shape index (κ3) is 4.68. The van der Waals surface area contributed by atoms with Crippen molar-refractivity contribution < 1.29 is 14.0 Å². The van der Waals surface area contributed by atoms with Gasteiger partial charge in [0, 0.05) is 54.8 Å². The van der Waals surface area contributed by atoms with E-state index in [1.807, 2.05) is 42.6 Å². The number of nitrogens with zero attached hydrogens (tertiary/aromatic N) is 3. The van der Waals surface area contributed by atoms with Crippen molar-refractivity contribution in [1.82, 2.24) is 14.8 Å². The second kappa shape index (κ2) is 8.96. The van der Waals surface area contributed by atoms with E-state index in [0.29, 0.717) is 37.5 Å². The number of amides is 2. The first-order valence-corrected chi connectivity index (χ1v) is 10.4. The molecule has 3 heterocycles. The highest BCUT2D eigenvalue weighted by molar-refractivity contribution is 7.98. The Morgan fingerprint density at radius 2 is 1.66 bits per heavy atom. The maximum absolute atomic E-state index is 12.8. The molecule has 2 amide bonds. The Balaban J connectivity index is 1.30. The van der Waals surface area contributed by atoms with Crippen LogP contribution in [-0.2, 0) is 5.75 Å². The molecule has 0 N–H and O–H groups in total. The van der Waals surface area contributed by atoms with Gasteiger partial charge in [-0.25, -0.2) is 0 Å². The number of carbonyl (C=O) groups excluding carboxylic acids is 2. The zero-order valence-electron chi connectivity index (χ0n) is 15.9. The van der Waals surface area contributed by atoms with Crippen LogP contribution in [-0.4, -0.2) is 52.8 Å². The van der Waals surface area contributed by atoms with Gasteiger partial charge in [-0.15, -0.1) is 11.8 Å². The average Bonchev–Trinajstić information content (AvgIpc) is 3.33. The van der Waals surface area contributed by atoms with Crippen LogP contribution in [0.4, 0.5) is 0 Å². The van der Waals surface area contributed by atoms with Crippen LogP contribution >= 0.6 is 11.8 Å². The van der Waals surface area contributed by atoms with Gasteiger partial charge in [-0.05, 0) is 48.0 Å². The van der Waals surface area contributed by atoms with Crippen molar-refractivity contribution in [2.75, 3.05) is 26.2 Å². The molecule has 0 saturated carbocycles. The van der Waals surface area contributed by atoms with Crippen LogP contribution in [0.2, 0.25) is 0 Å². The molecule has 0 aliphatic carbocycles. The van der Waals surface area contributed by atoms with Gasteiger partial charge in [-0.2, -0.15) is 0 Å². The van der Waals surface area contributed by atoms with E-state index in [2.05, 4.69) is 4.98 Å². The summed E-state index contributed by atoms with van der Waals surface area (Å²) in [5, 5.41) is 0. The summed E-state index contributed by atoms with van der Waals surface area (Å²) >= 11 is 1.71. The molecule has 29 heavy (non-hydrogen) atoms. The number of benzene rings is 1. The molecule has 0 spiro atoms. The third-order valence-corrected chi connectivity index (χ3v) is 5.90. The van der Waals surface area contributed by atoms with E-state index in [1.165, 1.54) is 11.8 Å². The minimum absolute atomic E-state index is 0.00101. The van der Waals surface area contributed by atoms with Crippen LogP contribution in [0.25, 0.3) is 0 Å². The topological polar surface area (TPSA) is 66.7 Å². The molecule has 0 unspecified atom stereocenters. The van der Waals surface area contributed by atoms with Gasteiger partial charge in [0.2, 0.25) is 0 Å². The molecule has 1 aliphatic heterocycles. The van der Waals surface area contributed by atoms with Crippen LogP contribution < -0.4 is 0 Å². The van der Waals surface area contributed by atoms with Gasteiger partial charge in [0.1, 0.15) is 0 Å². The SMILES string of the molecule is O=C(c1ccc(SCc2cccnc2)cc1)N1CCN(C(=O)c2ccco2)CC1. The fourth-order valence-corrected chi connectivity index (χ4v) is 4.03. The fraction of sp³-hybridized carbons (Fsp3) is 0.227. The Bertz CT molecular complexity index is 951. The lowest BCUT2D eigenvalue weighted by Gasteiger charge is -2.34. The summed E-state index contributed by atoms with van der Waals surface area (Å²) in [6, 6.07) is 15.0. The number of aromatic nitrogens is 1. The summed E-state index contributed by atoms with van der Waals surface area (Å²) in [4.78, 5) is 33.9. The van der Waals surface area contributed by atoms with E-state index >= 15 is 0 Å². The predicted molar refractivity (Wildman–Crippen MR) is 111 cm³/mol. The van der Waals surface area contributed by atoms with Gasteiger partial charge in [0.05, 0.1) is 6.26 Å². The molecular formula is C22H21N3O3S. The molecule has 148 valence electrons. The second-order valence-electron chi connectivity index (χ2n) is 6.74. The molecule has 0 atom stereocenters. The summed E-state index contributed by atoms with van der Waals surface area (Å²) in [6.07, 6.45) is 5.12. The number of pyridine rings is 1. The summed E-state index contributed by atoms with van der Waals surface area (Å²) in [5.74, 6) is 1.05. The summed E-state index contributed by atoms with van der Waals surface area (Å²) in [6.45, 7) is 2.04. The summed E-state index contributed by atoms with van der Waals surface area (Å²) in [5.41, 5.74) is 1.83. The average molecular weight is 407 g/mol. The quantitative estimate of drug-likeness (QED) is 0.605. The largest absolute Gasteiger partial charge is 0.459 e. The Labute approximate surface area is 173 Å². The van der Waals surface area contributed by atoms with Gasteiger partial charge in [0.25, 0.3) is 11.8 Å². The van der Waals surface area contributed by atoms with E-state index in [4.69, 9.17) is 4.42 Å². The Morgan fingerprint density at radius 1 is 0.931 bits per heavy atom. The number of thioether (sulfide) groups is 1. The molecule has 3 aromatic rings. The van der Waals surface area contributed by atoms with Crippen molar-refractivity contribution in [3.63, 3.8) is 0 Å². The monoisotopic (exact) mass is 407 g/mol. The molecule has 1 fully saturated rings. The Hall–Kier alpha value is -3.06. The molecule has 1 aliphatic rings. The van der Waals surface area contributed by atoms with Crippen molar-refractivity contribution in [2.24, 2.45) is 0 Å². The molecule has 0 radical (unpaired) electrons. The first-order valence-electron chi connectivity index (χ1n) is 9.44. The van der Waals surface area contributed by atoms with E-state index in [1.54, 1.807) is 39.9 Å². The highest BCUT2D eigenvalue weighted by Gasteiger charge is 2.26. The molecule has 4 rings (SSSR count). The van der Waals surface area contributed by atoms with Gasteiger partial charge in [-0.3, -0.25) is 14.6 Å². The minimum atomic E-state index is -0.128. The van der Waals surface area contributed by atoms with E-state index in [0.717, 1.165) is 10.6 Å². The number of hydrogen-bond acceptors (Lipinski definition) is 5. The predicted octanol–water partition coefficient (Wildman–Crippen LogP) is 3.57. The standard InChI is InChI=1S/C22H21N3O3S/c26-21(24-10-12-25(13-11-24)22(27)20-4-2-14-28-20)18-5-7-19(8-6-18)29-16-17-3-1-9-23-15-17/h1-9,14-15H,10-13,16H2. The fourth-order valence-electron chi connectivity index (χ4n) is 3.20.